The first-order valence-corrected chi connectivity index (χ1v) is 10.5. The SMILES string of the molecule is CC1=CC(O)c2ccc3c4c(ccc1c24)C(S(=O)(=O)[O-])=CC3S(=O)(=O)[O-]. The molecular formula is C17H12O7S2-2. The Labute approximate surface area is 149 Å². The predicted octanol–water partition coefficient (Wildman–Crippen LogP) is 1.78. The molecule has 2 atom stereocenters. The predicted molar refractivity (Wildman–Crippen MR) is 92.7 cm³/mol. The van der Waals surface area contributed by atoms with Crippen LogP contribution in [0.1, 0.15) is 40.5 Å². The number of hydrogen-bond donors (Lipinski definition) is 1. The summed E-state index contributed by atoms with van der Waals surface area (Å²) in [6.45, 7) is 1.75. The minimum Gasteiger partial charge on any atom is -0.747 e. The Morgan fingerprint density at radius 2 is 1.46 bits per heavy atom. The lowest BCUT2D eigenvalue weighted by atomic mass is 9.81. The maximum absolute atomic E-state index is 11.7. The van der Waals surface area contributed by atoms with Gasteiger partial charge in [0.15, 0.2) is 0 Å². The Morgan fingerprint density at radius 1 is 0.885 bits per heavy atom. The van der Waals surface area contributed by atoms with Gasteiger partial charge >= 0.3 is 0 Å². The van der Waals surface area contributed by atoms with Crippen LogP contribution in [-0.4, -0.2) is 31.0 Å². The van der Waals surface area contributed by atoms with Crippen molar-refractivity contribution in [3.8, 4) is 0 Å². The van der Waals surface area contributed by atoms with Crippen LogP contribution in [0.15, 0.2) is 36.4 Å². The third kappa shape index (κ3) is 2.36. The van der Waals surface area contributed by atoms with Crippen LogP contribution >= 0.6 is 0 Å². The minimum absolute atomic E-state index is 0.0393. The van der Waals surface area contributed by atoms with E-state index in [2.05, 4.69) is 0 Å². The van der Waals surface area contributed by atoms with Crippen LogP contribution in [0.5, 0.6) is 0 Å². The topological polar surface area (TPSA) is 135 Å². The Kier molecular flexibility index (Phi) is 3.50. The van der Waals surface area contributed by atoms with Crippen LogP contribution in [0.25, 0.3) is 21.3 Å². The van der Waals surface area contributed by atoms with E-state index in [1.807, 2.05) is 0 Å². The molecule has 0 aliphatic heterocycles. The second-order valence-corrected chi connectivity index (χ2v) is 9.19. The first-order valence-electron chi connectivity index (χ1n) is 7.59. The van der Waals surface area contributed by atoms with Crippen LogP contribution in [0.2, 0.25) is 0 Å². The van der Waals surface area contributed by atoms with E-state index in [1.165, 1.54) is 18.2 Å². The zero-order valence-corrected chi connectivity index (χ0v) is 15.0. The van der Waals surface area contributed by atoms with Gasteiger partial charge in [0, 0.05) is 0 Å². The van der Waals surface area contributed by atoms with E-state index >= 15 is 0 Å². The van der Waals surface area contributed by atoms with E-state index in [1.54, 1.807) is 19.1 Å². The smallest absolute Gasteiger partial charge is 0.124 e. The van der Waals surface area contributed by atoms with Crippen molar-refractivity contribution in [1.82, 2.24) is 0 Å². The summed E-state index contributed by atoms with van der Waals surface area (Å²) >= 11 is 0. The van der Waals surface area contributed by atoms with E-state index < -0.39 is 36.5 Å². The van der Waals surface area contributed by atoms with E-state index in [4.69, 9.17) is 0 Å². The number of aliphatic hydroxyl groups excluding tert-OH is 1. The van der Waals surface area contributed by atoms with Crippen molar-refractivity contribution in [2.45, 2.75) is 18.3 Å². The van der Waals surface area contributed by atoms with Gasteiger partial charge in [-0.15, -0.1) is 0 Å². The van der Waals surface area contributed by atoms with Crippen LogP contribution < -0.4 is 0 Å². The minimum atomic E-state index is -5.02. The fourth-order valence-electron chi connectivity index (χ4n) is 3.76. The van der Waals surface area contributed by atoms with Gasteiger partial charge in [0.2, 0.25) is 0 Å². The Balaban J connectivity index is 2.24. The average molecular weight is 392 g/mol. The number of rotatable bonds is 2. The summed E-state index contributed by atoms with van der Waals surface area (Å²) in [6, 6.07) is 5.94. The first kappa shape index (κ1) is 17.4. The second kappa shape index (κ2) is 5.24. The number of aliphatic hydroxyl groups is 1. The van der Waals surface area contributed by atoms with Gasteiger partial charge in [-0.05, 0) is 57.7 Å². The molecule has 2 unspecified atom stereocenters. The molecule has 2 aromatic rings. The molecule has 0 amide bonds. The molecule has 0 saturated carbocycles. The van der Waals surface area contributed by atoms with Crippen LogP contribution in [-0.2, 0) is 20.2 Å². The molecule has 9 heteroatoms. The maximum atomic E-state index is 11.7. The molecule has 0 spiro atoms. The molecule has 2 aliphatic rings. The highest BCUT2D eigenvalue weighted by atomic mass is 32.2. The van der Waals surface area contributed by atoms with E-state index in [0.29, 0.717) is 22.6 Å². The van der Waals surface area contributed by atoms with Gasteiger partial charge in [-0.2, -0.15) is 0 Å². The molecule has 0 saturated heterocycles. The molecule has 0 fully saturated rings. The fraction of sp³-hybridized carbons (Fsp3) is 0.176. The molecular weight excluding hydrogens is 380 g/mol. The van der Waals surface area contributed by atoms with Crippen LogP contribution in [0.3, 0.4) is 0 Å². The van der Waals surface area contributed by atoms with Gasteiger partial charge in [0.05, 0.1) is 16.3 Å². The number of hydrogen-bond acceptors (Lipinski definition) is 7. The third-order valence-corrected chi connectivity index (χ3v) is 6.74. The van der Waals surface area contributed by atoms with Crippen molar-refractivity contribution in [3.63, 3.8) is 0 Å². The van der Waals surface area contributed by atoms with Crippen molar-refractivity contribution < 1.29 is 31.0 Å². The fourth-order valence-corrected chi connectivity index (χ4v) is 5.39. The molecule has 26 heavy (non-hydrogen) atoms. The summed E-state index contributed by atoms with van der Waals surface area (Å²) in [5, 5.41) is 9.18. The first-order chi connectivity index (χ1) is 12.0. The van der Waals surface area contributed by atoms with Crippen molar-refractivity contribution in [3.05, 3.63) is 58.7 Å². The summed E-state index contributed by atoms with van der Waals surface area (Å²) in [7, 11) is -9.98. The quantitative estimate of drug-likeness (QED) is 0.770. The van der Waals surface area contributed by atoms with Crippen molar-refractivity contribution in [2.75, 3.05) is 0 Å². The molecule has 0 heterocycles. The van der Waals surface area contributed by atoms with E-state index in [-0.39, 0.29) is 16.5 Å². The lowest BCUT2D eigenvalue weighted by molar-refractivity contribution is 0.230. The Morgan fingerprint density at radius 3 is 2.08 bits per heavy atom. The van der Waals surface area contributed by atoms with Crippen LogP contribution in [0.4, 0.5) is 0 Å². The molecule has 0 bridgehead atoms. The largest absolute Gasteiger partial charge is 0.747 e. The van der Waals surface area contributed by atoms with Crippen molar-refractivity contribution in [2.24, 2.45) is 0 Å². The monoisotopic (exact) mass is 392 g/mol. The van der Waals surface area contributed by atoms with Crippen molar-refractivity contribution >= 4 is 41.5 Å². The van der Waals surface area contributed by atoms with Gasteiger partial charge in [-0.3, -0.25) is 0 Å². The summed E-state index contributed by atoms with van der Waals surface area (Å²) in [5.41, 5.74) is 1.99. The molecule has 136 valence electrons. The van der Waals surface area contributed by atoms with Crippen molar-refractivity contribution in [1.29, 1.82) is 0 Å². The van der Waals surface area contributed by atoms with Gasteiger partial charge in [-0.25, -0.2) is 16.8 Å². The molecule has 7 nitrogen and oxygen atoms in total. The van der Waals surface area contributed by atoms with E-state index in [9.17, 15) is 31.0 Å². The molecule has 0 radical (unpaired) electrons. The number of allylic oxidation sites excluding steroid dienone is 1. The molecule has 2 aromatic carbocycles. The molecule has 1 N–H and O–H groups in total. The Bertz CT molecular complexity index is 1250. The summed E-state index contributed by atoms with van der Waals surface area (Å²) < 4.78 is 70.3. The normalized spacial score (nSPS) is 22.2. The lowest BCUT2D eigenvalue weighted by Crippen LogP contribution is -2.18. The standard InChI is InChI=1S/C17H14O7S2/c1-8-6-13(18)10-3-5-12-15(26(22,23)24)7-14(25(19,20)21)11-4-2-9(8)16(10)17(11)12/h2-7,13,15,18H,1H3,(H,19,20,21)(H,22,23,24)/p-2. The van der Waals surface area contributed by atoms with E-state index in [0.717, 1.165) is 5.57 Å². The summed E-state index contributed by atoms with van der Waals surface area (Å²) in [4.78, 5) is -0.736. The van der Waals surface area contributed by atoms with Gasteiger partial charge in [0.25, 0.3) is 0 Å². The summed E-state index contributed by atoms with van der Waals surface area (Å²) in [5.74, 6) is 0. The van der Waals surface area contributed by atoms with Gasteiger partial charge < -0.3 is 14.2 Å². The van der Waals surface area contributed by atoms with Gasteiger partial charge in [0.1, 0.15) is 20.2 Å². The highest BCUT2D eigenvalue weighted by Crippen LogP contribution is 2.47. The van der Waals surface area contributed by atoms with Gasteiger partial charge in [-0.1, -0.05) is 24.3 Å². The molecule has 0 aromatic heterocycles. The lowest BCUT2D eigenvalue weighted by Gasteiger charge is -2.31. The highest BCUT2D eigenvalue weighted by molar-refractivity contribution is 7.95. The highest BCUT2D eigenvalue weighted by Gasteiger charge is 2.32. The Hall–Kier alpha value is -2.04. The third-order valence-electron chi connectivity index (χ3n) is 4.83. The average Bonchev–Trinajstić information content (AvgIpc) is 2.52. The maximum Gasteiger partial charge on any atom is 0.124 e. The summed E-state index contributed by atoms with van der Waals surface area (Å²) in [6.07, 6.45) is 1.35. The molecule has 4 rings (SSSR count). The number of benzene rings is 2. The zero-order valence-electron chi connectivity index (χ0n) is 13.3. The zero-order chi connectivity index (χ0) is 19.0. The second-order valence-electron chi connectivity index (χ2n) is 6.35. The molecule has 2 aliphatic carbocycles. The van der Waals surface area contributed by atoms with Crippen LogP contribution in [0, 0.1) is 0 Å².